The summed E-state index contributed by atoms with van der Waals surface area (Å²) in [5.41, 5.74) is 4.50. The first-order chi connectivity index (χ1) is 4.29. The first kappa shape index (κ1) is 7.48. The minimum absolute atomic E-state index is 0.329. The van der Waals surface area contributed by atoms with Crippen molar-refractivity contribution in [2.75, 3.05) is 0 Å². The molecule has 0 aromatic carbocycles. The molecule has 2 N–H and O–H groups in total. The number of carbonyl (C=O) groups is 2. The second kappa shape index (κ2) is 3.48. The fourth-order valence-electron chi connectivity index (χ4n) is 0.356. The van der Waals surface area contributed by atoms with Crippen molar-refractivity contribution in [3.8, 4) is 0 Å². The zero-order valence-corrected chi connectivity index (χ0v) is 4.38. The van der Waals surface area contributed by atoms with Crippen molar-refractivity contribution in [3.05, 3.63) is 17.1 Å². The second-order valence-electron chi connectivity index (χ2n) is 1.19. The fourth-order valence-corrected chi connectivity index (χ4v) is 0.356. The lowest BCUT2D eigenvalue weighted by Gasteiger charge is -1.80. The van der Waals surface area contributed by atoms with Crippen LogP contribution in [0.2, 0.25) is 0 Å². The maximum Gasteiger partial charge on any atom is 0.250 e. The Labute approximate surface area is 50.5 Å². The molecule has 0 bridgehead atoms. The van der Waals surface area contributed by atoms with Crippen molar-refractivity contribution in [1.82, 2.24) is 5.32 Å². The number of amides is 2. The van der Waals surface area contributed by atoms with Crippen molar-refractivity contribution >= 4 is 11.8 Å². The van der Waals surface area contributed by atoms with Crippen LogP contribution in [0.3, 0.4) is 0 Å². The third-order valence-electron chi connectivity index (χ3n) is 0.632. The summed E-state index contributed by atoms with van der Waals surface area (Å²) in [5, 5.41) is 2.03. The Bertz CT molecular complexity index is 147. The third kappa shape index (κ3) is 2.32. The molecule has 0 spiro atoms. The molecule has 0 unspecified atom stereocenters. The van der Waals surface area contributed by atoms with Crippen molar-refractivity contribution in [2.45, 2.75) is 0 Å². The van der Waals surface area contributed by atoms with E-state index in [2.05, 4.69) is 5.59 Å². The number of hydrogen-bond acceptors (Lipinski definition) is 4. The van der Waals surface area contributed by atoms with Crippen LogP contribution >= 0.6 is 0 Å². The Morgan fingerprint density at radius 2 is 1.44 bits per heavy atom. The van der Waals surface area contributed by atoms with Gasteiger partial charge in [0.05, 0.1) is 0 Å². The van der Waals surface area contributed by atoms with Gasteiger partial charge in [0.1, 0.15) is 0 Å². The summed E-state index contributed by atoms with van der Waals surface area (Å²) in [4.78, 5) is 27.6. The molecule has 1 aliphatic heterocycles. The van der Waals surface area contributed by atoms with Gasteiger partial charge in [-0.05, 0) is 0 Å². The molecule has 0 saturated carbocycles. The number of nitrogens with one attached hydrogen (secondary N) is 2. The largest absolute Gasteiger partial charge is 0.289 e. The molecule has 0 atom stereocenters. The van der Waals surface area contributed by atoms with Crippen molar-refractivity contribution < 1.29 is 9.59 Å². The number of imide groups is 1. The van der Waals surface area contributed by atoms with Gasteiger partial charge in [-0.2, -0.15) is 4.91 Å². The lowest BCUT2D eigenvalue weighted by atomic mass is 10.6. The average Bonchev–Trinajstić information content (AvgIpc) is 2.20. The van der Waals surface area contributed by atoms with Gasteiger partial charge in [-0.15, -0.1) is 0 Å². The van der Waals surface area contributed by atoms with E-state index in [9.17, 15) is 9.59 Å². The van der Waals surface area contributed by atoms with Crippen LogP contribution in [0.1, 0.15) is 0 Å². The molecule has 1 heterocycles. The van der Waals surface area contributed by atoms with E-state index >= 15 is 0 Å². The van der Waals surface area contributed by atoms with Crippen LogP contribution in [-0.4, -0.2) is 11.8 Å². The zero-order chi connectivity index (χ0) is 7.28. The minimum Gasteiger partial charge on any atom is -0.289 e. The Kier molecular flexibility index (Phi) is 2.89. The molecule has 9 heavy (non-hydrogen) atoms. The predicted molar refractivity (Wildman–Crippen MR) is 28.4 cm³/mol. The van der Waals surface area contributed by atoms with Crippen LogP contribution in [-0.2, 0) is 9.59 Å². The first-order valence-electron chi connectivity index (χ1n) is 2.02. The van der Waals surface area contributed by atoms with Crippen LogP contribution in [0.25, 0.3) is 0 Å². The summed E-state index contributed by atoms with van der Waals surface area (Å²) in [5.74, 6) is -0.657. The monoisotopic (exact) mass is 128 g/mol. The maximum atomic E-state index is 10.0. The highest BCUT2D eigenvalue weighted by molar-refractivity contribution is 6.12. The number of hydrogen-bond donors (Lipinski definition) is 2. The molecular weight excluding hydrogens is 124 g/mol. The molecule has 0 aromatic heterocycles. The summed E-state index contributed by atoms with van der Waals surface area (Å²) in [6, 6.07) is 0. The smallest absolute Gasteiger partial charge is 0.250 e. The van der Waals surface area contributed by atoms with Crippen LogP contribution in [0.4, 0.5) is 0 Å². The van der Waals surface area contributed by atoms with Gasteiger partial charge in [0, 0.05) is 12.2 Å². The van der Waals surface area contributed by atoms with Gasteiger partial charge in [-0.25, -0.2) is 0 Å². The second-order valence-corrected chi connectivity index (χ2v) is 1.19. The number of nitroso groups, excluding NO2 is 1. The molecule has 48 valence electrons. The van der Waals surface area contributed by atoms with Crippen LogP contribution in [0, 0.1) is 10.5 Å². The Morgan fingerprint density at radius 1 is 1.11 bits per heavy atom. The van der Waals surface area contributed by atoms with E-state index in [1.807, 2.05) is 5.32 Å². The van der Waals surface area contributed by atoms with E-state index in [4.69, 9.17) is 4.91 Å². The molecule has 2 amide bonds. The van der Waals surface area contributed by atoms with Gasteiger partial charge in [0.25, 0.3) is 11.8 Å². The van der Waals surface area contributed by atoms with E-state index in [1.165, 1.54) is 12.2 Å². The van der Waals surface area contributed by atoms with Gasteiger partial charge in [0.15, 0.2) is 0 Å². The summed E-state index contributed by atoms with van der Waals surface area (Å²) in [7, 11) is 0. The Morgan fingerprint density at radius 3 is 1.56 bits per heavy atom. The van der Waals surface area contributed by atoms with E-state index < -0.39 is 0 Å². The van der Waals surface area contributed by atoms with Gasteiger partial charge in [0.2, 0.25) is 0 Å². The van der Waals surface area contributed by atoms with Crippen LogP contribution in [0.5, 0.6) is 0 Å². The molecule has 0 aromatic rings. The van der Waals surface area contributed by atoms with Crippen LogP contribution < -0.4 is 5.32 Å². The van der Waals surface area contributed by atoms with E-state index in [0.717, 1.165) is 0 Å². The molecule has 5 nitrogen and oxygen atoms in total. The van der Waals surface area contributed by atoms with Gasteiger partial charge >= 0.3 is 0 Å². The third-order valence-corrected chi connectivity index (χ3v) is 0.632. The molecule has 5 heteroatoms. The highest BCUT2D eigenvalue weighted by Gasteiger charge is 2.06. The summed E-state index contributed by atoms with van der Waals surface area (Å²) >= 11 is 0. The Balaban J connectivity index is 0.000000291. The zero-order valence-electron chi connectivity index (χ0n) is 4.38. The molecule has 1 rings (SSSR count). The molecule has 0 fully saturated rings. The minimum atomic E-state index is -0.329. The lowest BCUT2D eigenvalue weighted by Crippen LogP contribution is -2.19. The SMILES string of the molecule is N=O.O=C1C=CC(=O)N1. The predicted octanol–water partition coefficient (Wildman–Crippen LogP) is -0.469. The van der Waals surface area contributed by atoms with E-state index in [-0.39, 0.29) is 11.8 Å². The fraction of sp³-hybridized carbons (Fsp3) is 0. The van der Waals surface area contributed by atoms with Crippen LogP contribution in [0.15, 0.2) is 12.2 Å². The normalized spacial score (nSPS) is 14.2. The molecule has 0 radical (unpaired) electrons. The van der Waals surface area contributed by atoms with Gasteiger partial charge in [-0.1, -0.05) is 5.59 Å². The quantitative estimate of drug-likeness (QED) is 0.341. The van der Waals surface area contributed by atoms with E-state index in [1.54, 1.807) is 0 Å². The Hall–Kier alpha value is -1.52. The maximum absolute atomic E-state index is 10.0. The molecule has 0 aliphatic carbocycles. The highest BCUT2D eigenvalue weighted by Crippen LogP contribution is 1.82. The summed E-state index contributed by atoms with van der Waals surface area (Å²) < 4.78 is 0. The first-order valence-corrected chi connectivity index (χ1v) is 2.02. The van der Waals surface area contributed by atoms with Gasteiger partial charge < -0.3 is 0 Å². The highest BCUT2D eigenvalue weighted by atomic mass is 16.2. The standard InChI is InChI=1S/C4H3NO2.HNO/c6-3-1-2-4(7)5-3;1-2/h1-2H,(H,5,6,7);1H. The van der Waals surface area contributed by atoms with Gasteiger partial charge in [-0.3, -0.25) is 14.9 Å². The average molecular weight is 128 g/mol. The molecule has 0 saturated heterocycles. The topological polar surface area (TPSA) is 87.1 Å². The van der Waals surface area contributed by atoms with E-state index in [0.29, 0.717) is 0 Å². The van der Waals surface area contributed by atoms with Crippen molar-refractivity contribution in [3.63, 3.8) is 0 Å². The molecular formula is C4H4N2O3. The number of carbonyl (C=O) groups excluding carboxylic acids is 2. The summed E-state index contributed by atoms with van der Waals surface area (Å²) in [6.07, 6.45) is 2.39. The van der Waals surface area contributed by atoms with Crippen molar-refractivity contribution in [2.24, 2.45) is 0 Å². The number of rotatable bonds is 0. The summed E-state index contributed by atoms with van der Waals surface area (Å²) in [6.45, 7) is 0. The lowest BCUT2D eigenvalue weighted by molar-refractivity contribution is -0.123. The van der Waals surface area contributed by atoms with Crippen molar-refractivity contribution in [1.29, 1.82) is 5.59 Å². The molecule has 1 aliphatic rings.